The maximum absolute atomic E-state index is 9.77. The maximum atomic E-state index is 9.77. The molecule has 126 valence electrons. The predicted molar refractivity (Wildman–Crippen MR) is 94.4 cm³/mol. The second-order valence-electron chi connectivity index (χ2n) is 5.96. The molecule has 0 aliphatic carbocycles. The monoisotopic (exact) mass is 326 g/mol. The highest BCUT2D eigenvalue weighted by Crippen LogP contribution is 2.22. The molecule has 2 heterocycles. The van der Waals surface area contributed by atoms with Crippen molar-refractivity contribution in [3.05, 3.63) is 42.2 Å². The maximum Gasteiger partial charge on any atom is 0.225 e. The lowest BCUT2D eigenvalue weighted by atomic mass is 10.1. The van der Waals surface area contributed by atoms with Gasteiger partial charge in [-0.1, -0.05) is 18.2 Å². The number of aromatic nitrogens is 2. The normalized spacial score (nSPS) is 17.5. The average molecular weight is 326 g/mol. The van der Waals surface area contributed by atoms with Crippen LogP contribution in [-0.4, -0.2) is 40.2 Å². The van der Waals surface area contributed by atoms with Gasteiger partial charge in [0, 0.05) is 31.0 Å². The van der Waals surface area contributed by atoms with Gasteiger partial charge >= 0.3 is 0 Å². The van der Waals surface area contributed by atoms with Crippen LogP contribution in [0.2, 0.25) is 0 Å². The second kappa shape index (κ2) is 7.27. The highest BCUT2D eigenvalue weighted by Gasteiger charge is 2.19. The number of benzene rings is 1. The smallest absolute Gasteiger partial charge is 0.225 e. The van der Waals surface area contributed by atoms with E-state index in [9.17, 15) is 5.11 Å². The lowest BCUT2D eigenvalue weighted by Gasteiger charge is -2.29. The fourth-order valence-corrected chi connectivity index (χ4v) is 2.80. The minimum absolute atomic E-state index is 0.0804. The summed E-state index contributed by atoms with van der Waals surface area (Å²) in [4.78, 5) is 14.9. The number of nitrogens with two attached hydrogens (primary N) is 2. The second-order valence-corrected chi connectivity index (χ2v) is 5.96. The first kappa shape index (κ1) is 16.2. The fourth-order valence-electron chi connectivity index (χ4n) is 2.80. The number of β-amino-alcohol motifs (C(OH)–C–C–N with tert-alkyl or cyclic N) is 1. The number of nitrogens with zero attached hydrogens (tertiary/aromatic N) is 4. The topological polar surface area (TPSA) is 114 Å². The van der Waals surface area contributed by atoms with Crippen molar-refractivity contribution in [1.29, 1.82) is 0 Å². The molecular formula is C17H22N6O. The Morgan fingerprint density at radius 1 is 1.25 bits per heavy atom. The van der Waals surface area contributed by atoms with Gasteiger partial charge in [0.2, 0.25) is 5.95 Å². The number of guanidine groups is 1. The van der Waals surface area contributed by atoms with Crippen molar-refractivity contribution in [2.75, 3.05) is 18.0 Å². The predicted octanol–water partition coefficient (Wildman–Crippen LogP) is 0.878. The molecule has 0 spiro atoms. The van der Waals surface area contributed by atoms with Crippen LogP contribution in [0.15, 0.2) is 41.7 Å². The van der Waals surface area contributed by atoms with Crippen molar-refractivity contribution in [3.63, 3.8) is 0 Å². The van der Waals surface area contributed by atoms with Crippen molar-refractivity contribution in [2.45, 2.75) is 25.5 Å². The molecule has 0 saturated carbocycles. The summed E-state index contributed by atoms with van der Waals surface area (Å²) in [6.07, 6.45) is 5.12. The molecule has 1 aliphatic rings. The molecule has 5 N–H and O–H groups in total. The zero-order valence-corrected chi connectivity index (χ0v) is 13.5. The van der Waals surface area contributed by atoms with Gasteiger partial charge in [-0.15, -0.1) is 0 Å². The van der Waals surface area contributed by atoms with Crippen LogP contribution in [0.1, 0.15) is 18.4 Å². The fraction of sp³-hybridized carbons (Fsp3) is 0.353. The summed E-state index contributed by atoms with van der Waals surface area (Å²) < 4.78 is 0. The first-order valence-corrected chi connectivity index (χ1v) is 8.01. The summed E-state index contributed by atoms with van der Waals surface area (Å²) in [5, 5.41) is 9.77. The number of piperidine rings is 1. The van der Waals surface area contributed by atoms with Gasteiger partial charge in [-0.05, 0) is 30.0 Å². The van der Waals surface area contributed by atoms with Crippen LogP contribution in [0.4, 0.5) is 5.95 Å². The van der Waals surface area contributed by atoms with Crippen LogP contribution < -0.4 is 16.4 Å². The third kappa shape index (κ3) is 3.99. The van der Waals surface area contributed by atoms with E-state index in [2.05, 4.69) is 15.0 Å². The molecule has 7 heteroatoms. The van der Waals surface area contributed by atoms with Crippen molar-refractivity contribution >= 4 is 11.9 Å². The number of hydrogen-bond donors (Lipinski definition) is 3. The molecule has 24 heavy (non-hydrogen) atoms. The lowest BCUT2D eigenvalue weighted by Crippen LogP contribution is -2.39. The zero-order valence-electron chi connectivity index (χ0n) is 13.5. The number of anilines is 1. The Morgan fingerprint density at radius 2 is 2.04 bits per heavy atom. The van der Waals surface area contributed by atoms with Gasteiger partial charge in [0.1, 0.15) is 0 Å². The summed E-state index contributed by atoms with van der Waals surface area (Å²) in [6, 6.07) is 7.96. The Hall–Kier alpha value is -2.67. The van der Waals surface area contributed by atoms with Gasteiger partial charge in [0.05, 0.1) is 12.6 Å². The van der Waals surface area contributed by atoms with Crippen LogP contribution in [0, 0.1) is 0 Å². The van der Waals surface area contributed by atoms with E-state index in [1.54, 1.807) is 0 Å². The number of rotatable bonds is 4. The summed E-state index contributed by atoms with van der Waals surface area (Å²) in [5.41, 5.74) is 13.7. The molecule has 1 saturated heterocycles. The largest absolute Gasteiger partial charge is 0.391 e. The molecule has 1 aromatic carbocycles. The van der Waals surface area contributed by atoms with Crippen molar-refractivity contribution in [1.82, 2.24) is 9.97 Å². The molecular weight excluding hydrogens is 304 g/mol. The van der Waals surface area contributed by atoms with Gasteiger partial charge in [-0.25, -0.2) is 15.0 Å². The summed E-state index contributed by atoms with van der Waals surface area (Å²) in [6.45, 7) is 1.92. The van der Waals surface area contributed by atoms with Crippen molar-refractivity contribution in [3.8, 4) is 11.1 Å². The standard InChI is InChI=1S/C17H22N6O/c18-16(19)20-8-12-3-1-4-13(7-12)14-9-21-17(22-10-14)23-6-2-5-15(24)11-23/h1,3-4,7,9-10,15,24H,2,5-6,8,11H2,(H4,18,19,20). The minimum atomic E-state index is -0.297. The molecule has 2 aromatic rings. The van der Waals surface area contributed by atoms with Crippen LogP contribution >= 0.6 is 0 Å². The number of aliphatic imine (C=N–C) groups is 1. The van der Waals surface area contributed by atoms with Gasteiger partial charge < -0.3 is 21.5 Å². The molecule has 0 radical (unpaired) electrons. The van der Waals surface area contributed by atoms with Gasteiger partial charge in [0.25, 0.3) is 0 Å². The van der Waals surface area contributed by atoms with Crippen LogP contribution in [0.3, 0.4) is 0 Å². The third-order valence-electron chi connectivity index (χ3n) is 4.02. The summed E-state index contributed by atoms with van der Waals surface area (Å²) in [5.74, 6) is 0.742. The Labute approximate surface area is 141 Å². The van der Waals surface area contributed by atoms with Crippen LogP contribution in [-0.2, 0) is 6.54 Å². The minimum Gasteiger partial charge on any atom is -0.391 e. The average Bonchev–Trinajstić information content (AvgIpc) is 2.60. The molecule has 0 bridgehead atoms. The molecule has 7 nitrogen and oxygen atoms in total. The van der Waals surface area contributed by atoms with E-state index in [4.69, 9.17) is 11.5 Å². The quantitative estimate of drug-likeness (QED) is 0.568. The lowest BCUT2D eigenvalue weighted by molar-refractivity contribution is 0.153. The van der Waals surface area contributed by atoms with Crippen LogP contribution in [0.25, 0.3) is 11.1 Å². The van der Waals surface area contributed by atoms with E-state index in [-0.39, 0.29) is 12.1 Å². The van der Waals surface area contributed by atoms with E-state index in [1.165, 1.54) is 0 Å². The molecule has 1 fully saturated rings. The third-order valence-corrected chi connectivity index (χ3v) is 4.02. The van der Waals surface area contributed by atoms with E-state index in [0.717, 1.165) is 36.1 Å². The molecule has 3 rings (SSSR count). The van der Waals surface area contributed by atoms with E-state index >= 15 is 0 Å². The molecule has 1 unspecified atom stereocenters. The van der Waals surface area contributed by atoms with Crippen molar-refractivity contribution < 1.29 is 5.11 Å². The Morgan fingerprint density at radius 3 is 2.75 bits per heavy atom. The highest BCUT2D eigenvalue weighted by atomic mass is 16.3. The first-order chi connectivity index (χ1) is 11.6. The number of aliphatic hydroxyl groups is 1. The molecule has 1 aliphatic heterocycles. The number of hydrogen-bond acceptors (Lipinski definition) is 5. The molecule has 1 aromatic heterocycles. The first-order valence-electron chi connectivity index (χ1n) is 8.01. The molecule has 0 amide bonds. The molecule has 1 atom stereocenters. The van der Waals surface area contributed by atoms with Gasteiger partial charge in [-0.3, -0.25) is 0 Å². The van der Waals surface area contributed by atoms with E-state index in [0.29, 0.717) is 19.0 Å². The zero-order chi connectivity index (χ0) is 16.9. The highest BCUT2D eigenvalue weighted by molar-refractivity contribution is 5.75. The Bertz CT molecular complexity index is 711. The van der Waals surface area contributed by atoms with Gasteiger partial charge in [0.15, 0.2) is 5.96 Å². The summed E-state index contributed by atoms with van der Waals surface area (Å²) >= 11 is 0. The Kier molecular flexibility index (Phi) is 4.90. The Balaban J connectivity index is 1.75. The number of aliphatic hydroxyl groups excluding tert-OH is 1. The van der Waals surface area contributed by atoms with Crippen molar-refractivity contribution in [2.24, 2.45) is 16.5 Å². The SMILES string of the molecule is NC(N)=NCc1cccc(-c2cnc(N3CCCC(O)C3)nc2)c1. The van der Waals surface area contributed by atoms with Crippen LogP contribution in [0.5, 0.6) is 0 Å². The van der Waals surface area contributed by atoms with E-state index in [1.807, 2.05) is 41.6 Å². The summed E-state index contributed by atoms with van der Waals surface area (Å²) in [7, 11) is 0. The van der Waals surface area contributed by atoms with E-state index < -0.39 is 0 Å². The van der Waals surface area contributed by atoms with Gasteiger partial charge in [-0.2, -0.15) is 0 Å².